The second kappa shape index (κ2) is 7.46. The highest BCUT2D eigenvalue weighted by molar-refractivity contribution is 7.89. The van der Waals surface area contributed by atoms with Crippen molar-refractivity contribution >= 4 is 15.9 Å². The van der Waals surface area contributed by atoms with Crippen molar-refractivity contribution < 1.29 is 17.9 Å². The number of hydrogen-bond acceptors (Lipinski definition) is 4. The molecule has 2 N–H and O–H groups in total. The number of ether oxygens (including phenoxy) is 1. The number of sulfonamides is 1. The first-order valence-electron chi connectivity index (χ1n) is 7.32. The first kappa shape index (κ1) is 18.0. The average molecular weight is 348 g/mol. The summed E-state index contributed by atoms with van der Waals surface area (Å²) in [4.78, 5) is 12.4. The predicted octanol–water partition coefficient (Wildman–Crippen LogP) is 1.84. The summed E-state index contributed by atoms with van der Waals surface area (Å²) < 4.78 is 31.1. The molecule has 24 heavy (non-hydrogen) atoms. The van der Waals surface area contributed by atoms with Gasteiger partial charge in [-0.2, -0.15) is 0 Å². The number of amides is 1. The van der Waals surface area contributed by atoms with Crippen LogP contribution in [0.5, 0.6) is 5.75 Å². The molecule has 2 aromatic rings. The molecule has 0 aliphatic heterocycles. The van der Waals surface area contributed by atoms with Gasteiger partial charge < -0.3 is 10.1 Å². The Balaban J connectivity index is 2.15. The summed E-state index contributed by atoms with van der Waals surface area (Å²) >= 11 is 0. The van der Waals surface area contributed by atoms with Crippen molar-refractivity contribution in [2.75, 3.05) is 14.2 Å². The highest BCUT2D eigenvalue weighted by Gasteiger charge is 2.16. The summed E-state index contributed by atoms with van der Waals surface area (Å²) in [5.74, 6) is 0.419. The quantitative estimate of drug-likeness (QED) is 0.834. The molecular weight excluding hydrogens is 328 g/mol. The summed E-state index contributed by atoms with van der Waals surface area (Å²) in [5, 5.41) is 2.80. The van der Waals surface area contributed by atoms with E-state index in [4.69, 9.17) is 4.74 Å². The summed E-state index contributed by atoms with van der Waals surface area (Å²) in [7, 11) is -0.669. The number of carbonyl (C=O) groups excluding carboxylic acids is 1. The van der Waals surface area contributed by atoms with E-state index in [1.165, 1.54) is 19.2 Å². The molecule has 0 spiro atoms. The van der Waals surface area contributed by atoms with E-state index < -0.39 is 10.0 Å². The molecule has 1 amide bonds. The van der Waals surface area contributed by atoms with Crippen LogP contribution in [0.25, 0.3) is 0 Å². The zero-order valence-electron chi connectivity index (χ0n) is 13.8. The van der Waals surface area contributed by atoms with Crippen LogP contribution < -0.4 is 14.8 Å². The van der Waals surface area contributed by atoms with Gasteiger partial charge in [-0.15, -0.1) is 0 Å². The molecule has 0 bridgehead atoms. The van der Waals surface area contributed by atoms with Crippen molar-refractivity contribution in [2.24, 2.45) is 0 Å². The van der Waals surface area contributed by atoms with Crippen molar-refractivity contribution in [1.29, 1.82) is 0 Å². The van der Waals surface area contributed by atoms with Crippen molar-refractivity contribution in [3.8, 4) is 5.75 Å². The molecule has 0 atom stereocenters. The fourth-order valence-corrected chi connectivity index (χ4v) is 2.91. The molecule has 0 heterocycles. The van der Waals surface area contributed by atoms with Gasteiger partial charge in [-0.3, -0.25) is 4.79 Å². The first-order chi connectivity index (χ1) is 11.4. The van der Waals surface area contributed by atoms with E-state index in [9.17, 15) is 13.2 Å². The first-order valence-corrected chi connectivity index (χ1v) is 8.81. The van der Waals surface area contributed by atoms with Crippen LogP contribution >= 0.6 is 0 Å². The van der Waals surface area contributed by atoms with Gasteiger partial charge in [0.05, 0.1) is 12.0 Å². The predicted molar refractivity (Wildman–Crippen MR) is 91.6 cm³/mol. The molecule has 0 radical (unpaired) electrons. The standard InChI is InChI=1S/C17H20N2O4S/c1-12-4-9-15(24(21,22)18-2)10-16(12)17(20)19-11-13-5-7-14(23-3)8-6-13/h4-10,18H,11H2,1-3H3,(H,19,20). The van der Waals surface area contributed by atoms with Crippen LogP contribution in [0.1, 0.15) is 21.5 Å². The lowest BCUT2D eigenvalue weighted by atomic mass is 10.1. The highest BCUT2D eigenvalue weighted by Crippen LogP contribution is 2.16. The molecule has 7 heteroatoms. The van der Waals surface area contributed by atoms with Gasteiger partial charge in [-0.1, -0.05) is 18.2 Å². The third-order valence-electron chi connectivity index (χ3n) is 3.64. The maximum atomic E-state index is 12.4. The number of carbonyl (C=O) groups is 1. The minimum Gasteiger partial charge on any atom is -0.497 e. The maximum Gasteiger partial charge on any atom is 0.251 e. The lowest BCUT2D eigenvalue weighted by molar-refractivity contribution is 0.0950. The van der Waals surface area contributed by atoms with Crippen molar-refractivity contribution in [3.05, 3.63) is 59.2 Å². The minimum absolute atomic E-state index is 0.0604. The average Bonchev–Trinajstić information content (AvgIpc) is 2.60. The molecule has 0 unspecified atom stereocenters. The Morgan fingerprint density at radius 3 is 2.38 bits per heavy atom. The Kier molecular flexibility index (Phi) is 5.58. The van der Waals surface area contributed by atoms with Crippen LogP contribution in [0.3, 0.4) is 0 Å². The number of methoxy groups -OCH3 is 1. The second-order valence-electron chi connectivity index (χ2n) is 5.22. The van der Waals surface area contributed by atoms with Gasteiger partial charge in [-0.05, 0) is 49.4 Å². The van der Waals surface area contributed by atoms with Crippen molar-refractivity contribution in [3.63, 3.8) is 0 Å². The zero-order valence-corrected chi connectivity index (χ0v) is 14.6. The number of nitrogens with one attached hydrogen (secondary N) is 2. The number of aryl methyl sites for hydroxylation is 1. The van der Waals surface area contributed by atoms with Crippen LogP contribution in [0, 0.1) is 6.92 Å². The monoisotopic (exact) mass is 348 g/mol. The van der Waals surface area contributed by atoms with Crippen LogP contribution in [-0.2, 0) is 16.6 Å². The summed E-state index contributed by atoms with van der Waals surface area (Å²) in [6.45, 7) is 2.10. The highest BCUT2D eigenvalue weighted by atomic mass is 32.2. The summed E-state index contributed by atoms with van der Waals surface area (Å²) in [6, 6.07) is 11.8. The molecule has 0 aromatic heterocycles. The lowest BCUT2D eigenvalue weighted by Gasteiger charge is -2.10. The largest absolute Gasteiger partial charge is 0.497 e. The molecule has 0 saturated heterocycles. The van der Waals surface area contributed by atoms with Gasteiger partial charge in [0.25, 0.3) is 5.91 Å². The number of rotatable bonds is 6. The molecule has 0 aliphatic carbocycles. The van der Waals surface area contributed by atoms with Crippen LogP contribution in [0.4, 0.5) is 0 Å². The van der Waals surface area contributed by atoms with Crippen molar-refractivity contribution in [2.45, 2.75) is 18.4 Å². The molecule has 6 nitrogen and oxygen atoms in total. The fraction of sp³-hybridized carbons (Fsp3) is 0.235. The van der Waals surface area contributed by atoms with Gasteiger partial charge in [0.15, 0.2) is 0 Å². The minimum atomic E-state index is -3.59. The van der Waals surface area contributed by atoms with Gasteiger partial charge >= 0.3 is 0 Å². The zero-order chi connectivity index (χ0) is 17.7. The van der Waals surface area contributed by atoms with E-state index in [1.807, 2.05) is 24.3 Å². The second-order valence-corrected chi connectivity index (χ2v) is 7.10. The topological polar surface area (TPSA) is 84.5 Å². The maximum absolute atomic E-state index is 12.4. The van der Waals surface area contributed by atoms with Gasteiger partial charge in [0.1, 0.15) is 5.75 Å². The van der Waals surface area contributed by atoms with Crippen LogP contribution in [-0.4, -0.2) is 28.5 Å². The third kappa shape index (κ3) is 4.12. The van der Waals surface area contributed by atoms with E-state index in [0.29, 0.717) is 17.7 Å². The van der Waals surface area contributed by atoms with Gasteiger partial charge in [-0.25, -0.2) is 13.1 Å². The Hall–Kier alpha value is -2.38. The number of hydrogen-bond donors (Lipinski definition) is 2. The van der Waals surface area contributed by atoms with E-state index in [1.54, 1.807) is 20.1 Å². The van der Waals surface area contributed by atoms with E-state index in [-0.39, 0.29) is 10.8 Å². The molecule has 0 aliphatic rings. The smallest absolute Gasteiger partial charge is 0.251 e. The van der Waals surface area contributed by atoms with E-state index in [2.05, 4.69) is 10.0 Å². The van der Waals surface area contributed by atoms with Gasteiger partial charge in [0, 0.05) is 12.1 Å². The van der Waals surface area contributed by atoms with E-state index in [0.717, 1.165) is 11.3 Å². The van der Waals surface area contributed by atoms with Crippen molar-refractivity contribution in [1.82, 2.24) is 10.0 Å². The SMILES string of the molecule is CNS(=O)(=O)c1ccc(C)c(C(=O)NCc2ccc(OC)cc2)c1. The van der Waals surface area contributed by atoms with Crippen LogP contribution in [0.15, 0.2) is 47.4 Å². The Morgan fingerprint density at radius 1 is 1.12 bits per heavy atom. The molecule has 0 saturated carbocycles. The summed E-state index contributed by atoms with van der Waals surface area (Å²) in [6.07, 6.45) is 0. The number of benzene rings is 2. The Bertz CT molecular complexity index is 830. The molecule has 0 fully saturated rings. The fourth-order valence-electron chi connectivity index (χ4n) is 2.15. The Labute approximate surface area is 141 Å². The molecule has 2 aromatic carbocycles. The summed E-state index contributed by atoms with van der Waals surface area (Å²) in [5.41, 5.74) is 1.96. The van der Waals surface area contributed by atoms with Crippen LogP contribution in [0.2, 0.25) is 0 Å². The molecular formula is C17H20N2O4S. The molecule has 128 valence electrons. The van der Waals surface area contributed by atoms with E-state index >= 15 is 0 Å². The Morgan fingerprint density at radius 2 is 1.79 bits per heavy atom. The van der Waals surface area contributed by atoms with Gasteiger partial charge in [0.2, 0.25) is 10.0 Å². The normalized spacial score (nSPS) is 11.1. The molecule has 2 rings (SSSR count). The lowest BCUT2D eigenvalue weighted by Crippen LogP contribution is -2.25. The third-order valence-corrected chi connectivity index (χ3v) is 5.06.